The normalized spacial score (nSPS) is 10.1. The van der Waals surface area contributed by atoms with Crippen LogP contribution in [0.2, 0.25) is 0 Å². The summed E-state index contributed by atoms with van der Waals surface area (Å²) in [5.41, 5.74) is 1.22. The second-order valence-electron chi connectivity index (χ2n) is 3.32. The summed E-state index contributed by atoms with van der Waals surface area (Å²) in [4.78, 5) is 0. The van der Waals surface area contributed by atoms with Gasteiger partial charge in [0.05, 0.1) is 7.11 Å². The van der Waals surface area contributed by atoms with Gasteiger partial charge in [0.1, 0.15) is 11.5 Å². The zero-order valence-electron chi connectivity index (χ0n) is 9.58. The molecule has 0 aliphatic rings. The first-order chi connectivity index (χ1) is 7.30. The molecule has 0 heterocycles. The maximum atomic E-state index is 5.38. The fraction of sp³-hybridized carbons (Fsp3) is 0.500. The van der Waals surface area contributed by atoms with Crippen molar-refractivity contribution in [2.75, 3.05) is 21.0 Å². The largest absolute Gasteiger partial charge is 0.497 e. The van der Waals surface area contributed by atoms with E-state index in [4.69, 9.17) is 14.2 Å². The van der Waals surface area contributed by atoms with Crippen molar-refractivity contribution in [3.05, 3.63) is 23.8 Å². The Morgan fingerprint density at radius 1 is 1.07 bits per heavy atom. The summed E-state index contributed by atoms with van der Waals surface area (Å²) < 4.78 is 15.4. The summed E-state index contributed by atoms with van der Waals surface area (Å²) in [6, 6.07) is 5.91. The summed E-state index contributed by atoms with van der Waals surface area (Å²) in [6.07, 6.45) is 2.14. The zero-order chi connectivity index (χ0) is 11.1. The molecule has 0 unspecified atom stereocenters. The Morgan fingerprint density at radius 2 is 1.80 bits per heavy atom. The second-order valence-corrected chi connectivity index (χ2v) is 3.32. The molecule has 1 aromatic rings. The predicted molar refractivity (Wildman–Crippen MR) is 59.5 cm³/mol. The van der Waals surface area contributed by atoms with Crippen LogP contribution in [0.3, 0.4) is 0 Å². The lowest BCUT2D eigenvalue weighted by Gasteiger charge is -2.09. The van der Waals surface area contributed by atoms with E-state index in [-0.39, 0.29) is 6.79 Å². The maximum absolute atomic E-state index is 5.38. The van der Waals surface area contributed by atoms with Gasteiger partial charge in [-0.3, -0.25) is 0 Å². The fourth-order valence-electron chi connectivity index (χ4n) is 1.39. The molecule has 84 valence electrons. The Bertz CT molecular complexity index is 297. The van der Waals surface area contributed by atoms with Crippen molar-refractivity contribution >= 4 is 0 Å². The maximum Gasteiger partial charge on any atom is 0.188 e. The van der Waals surface area contributed by atoms with Crippen LogP contribution >= 0.6 is 0 Å². The van der Waals surface area contributed by atoms with Crippen molar-refractivity contribution in [1.29, 1.82) is 0 Å². The topological polar surface area (TPSA) is 27.7 Å². The molecule has 0 bridgehead atoms. The van der Waals surface area contributed by atoms with Gasteiger partial charge in [0.2, 0.25) is 0 Å². The molecule has 0 saturated carbocycles. The Kier molecular flexibility index (Phi) is 4.98. The molecule has 0 N–H and O–H groups in total. The third-order valence-corrected chi connectivity index (χ3v) is 2.06. The fourth-order valence-corrected chi connectivity index (χ4v) is 1.39. The molecule has 0 aliphatic heterocycles. The molecule has 0 amide bonds. The van der Waals surface area contributed by atoms with Gasteiger partial charge in [0, 0.05) is 13.2 Å². The van der Waals surface area contributed by atoms with Gasteiger partial charge in [-0.15, -0.1) is 0 Å². The van der Waals surface area contributed by atoms with Crippen molar-refractivity contribution in [1.82, 2.24) is 0 Å². The number of hydrogen-bond donors (Lipinski definition) is 0. The third kappa shape index (κ3) is 3.80. The van der Waals surface area contributed by atoms with Crippen LogP contribution < -0.4 is 9.47 Å². The van der Waals surface area contributed by atoms with E-state index in [1.54, 1.807) is 14.2 Å². The molecule has 0 aromatic heterocycles. The summed E-state index contributed by atoms with van der Waals surface area (Å²) in [5, 5.41) is 0. The van der Waals surface area contributed by atoms with Crippen molar-refractivity contribution in [3.63, 3.8) is 0 Å². The molecule has 0 saturated heterocycles. The number of ether oxygens (including phenoxy) is 3. The van der Waals surface area contributed by atoms with E-state index in [0.29, 0.717) is 0 Å². The van der Waals surface area contributed by atoms with E-state index >= 15 is 0 Å². The summed E-state index contributed by atoms with van der Waals surface area (Å²) in [7, 11) is 3.26. The average Bonchev–Trinajstić information content (AvgIpc) is 2.26. The van der Waals surface area contributed by atoms with Crippen LogP contribution in [0.1, 0.15) is 18.9 Å². The van der Waals surface area contributed by atoms with Gasteiger partial charge in [-0.05, 0) is 24.1 Å². The number of methoxy groups -OCH3 is 2. The molecule has 0 aliphatic carbocycles. The van der Waals surface area contributed by atoms with Gasteiger partial charge in [-0.25, -0.2) is 0 Å². The molecule has 0 atom stereocenters. The highest BCUT2D eigenvalue weighted by atomic mass is 16.7. The Hall–Kier alpha value is -1.22. The number of benzene rings is 1. The Labute approximate surface area is 91.0 Å². The molecular weight excluding hydrogens is 192 g/mol. The lowest BCUT2D eigenvalue weighted by atomic mass is 10.1. The zero-order valence-corrected chi connectivity index (χ0v) is 9.58. The van der Waals surface area contributed by atoms with E-state index in [0.717, 1.165) is 24.3 Å². The minimum Gasteiger partial charge on any atom is -0.497 e. The lowest BCUT2D eigenvalue weighted by molar-refractivity contribution is 0.0509. The van der Waals surface area contributed by atoms with E-state index in [1.165, 1.54) is 5.56 Å². The molecule has 0 fully saturated rings. The number of rotatable bonds is 6. The summed E-state index contributed by atoms with van der Waals surface area (Å²) in [5.74, 6) is 1.62. The summed E-state index contributed by atoms with van der Waals surface area (Å²) in [6.45, 7) is 2.41. The van der Waals surface area contributed by atoms with Crippen LogP contribution in [0, 0.1) is 0 Å². The van der Waals surface area contributed by atoms with E-state index in [2.05, 4.69) is 6.92 Å². The number of hydrogen-bond acceptors (Lipinski definition) is 3. The molecular formula is C12H18O3. The minimum atomic E-state index is 0.263. The van der Waals surface area contributed by atoms with Crippen LogP contribution in [0.5, 0.6) is 11.5 Å². The molecule has 3 heteroatoms. The predicted octanol–water partition coefficient (Wildman–Crippen LogP) is 2.63. The van der Waals surface area contributed by atoms with Gasteiger partial charge in [0.25, 0.3) is 0 Å². The highest BCUT2D eigenvalue weighted by Crippen LogP contribution is 2.23. The minimum absolute atomic E-state index is 0.263. The highest BCUT2D eigenvalue weighted by molar-refractivity contribution is 5.38. The molecule has 15 heavy (non-hydrogen) atoms. The molecule has 0 spiro atoms. The second kappa shape index (κ2) is 6.30. The summed E-state index contributed by atoms with van der Waals surface area (Å²) >= 11 is 0. The Balaban J connectivity index is 2.79. The first kappa shape index (κ1) is 11.9. The molecule has 0 radical (unpaired) electrons. The van der Waals surface area contributed by atoms with E-state index < -0.39 is 0 Å². The molecule has 3 nitrogen and oxygen atoms in total. The van der Waals surface area contributed by atoms with Gasteiger partial charge in [-0.2, -0.15) is 0 Å². The quantitative estimate of drug-likeness (QED) is 0.675. The first-order valence-corrected chi connectivity index (χ1v) is 5.09. The third-order valence-electron chi connectivity index (χ3n) is 2.06. The van der Waals surface area contributed by atoms with Crippen molar-refractivity contribution in [3.8, 4) is 11.5 Å². The standard InChI is InChI=1S/C12H18O3/c1-4-5-10-6-11(14-3)8-12(7-10)15-9-13-2/h6-8H,4-5,9H2,1-3H3. The number of aryl methyl sites for hydroxylation is 1. The molecule has 1 rings (SSSR count). The smallest absolute Gasteiger partial charge is 0.188 e. The van der Waals surface area contributed by atoms with Crippen LogP contribution in [0.15, 0.2) is 18.2 Å². The molecule has 1 aromatic carbocycles. The first-order valence-electron chi connectivity index (χ1n) is 5.09. The van der Waals surface area contributed by atoms with Crippen LogP contribution in [-0.4, -0.2) is 21.0 Å². The monoisotopic (exact) mass is 210 g/mol. The SMILES string of the molecule is CCCc1cc(OC)cc(OCOC)c1. The average molecular weight is 210 g/mol. The van der Waals surface area contributed by atoms with Gasteiger partial charge in [0.15, 0.2) is 6.79 Å². The Morgan fingerprint density at radius 3 is 2.40 bits per heavy atom. The van der Waals surface area contributed by atoms with Crippen molar-refractivity contribution in [2.45, 2.75) is 19.8 Å². The van der Waals surface area contributed by atoms with E-state index in [9.17, 15) is 0 Å². The van der Waals surface area contributed by atoms with E-state index in [1.807, 2.05) is 18.2 Å². The highest BCUT2D eigenvalue weighted by Gasteiger charge is 2.01. The van der Waals surface area contributed by atoms with Gasteiger partial charge >= 0.3 is 0 Å². The van der Waals surface area contributed by atoms with Gasteiger partial charge < -0.3 is 14.2 Å². The van der Waals surface area contributed by atoms with Crippen LogP contribution in [0.4, 0.5) is 0 Å². The van der Waals surface area contributed by atoms with Crippen molar-refractivity contribution < 1.29 is 14.2 Å². The van der Waals surface area contributed by atoms with Crippen molar-refractivity contribution in [2.24, 2.45) is 0 Å². The van der Waals surface area contributed by atoms with Crippen LogP contribution in [-0.2, 0) is 11.2 Å². The lowest BCUT2D eigenvalue weighted by Crippen LogP contribution is -2.00. The van der Waals surface area contributed by atoms with Gasteiger partial charge in [-0.1, -0.05) is 13.3 Å². The van der Waals surface area contributed by atoms with Crippen LogP contribution in [0.25, 0.3) is 0 Å².